The van der Waals surface area contributed by atoms with E-state index >= 15 is 0 Å². The Morgan fingerprint density at radius 1 is 1.00 bits per heavy atom. The summed E-state index contributed by atoms with van der Waals surface area (Å²) in [7, 11) is 1.76. The zero-order chi connectivity index (χ0) is 15.1. The Hall–Kier alpha value is -2.37. The molecule has 112 valence electrons. The molecule has 0 bridgehead atoms. The monoisotopic (exact) mass is 288 g/mol. The maximum atomic E-state index is 5.50. The van der Waals surface area contributed by atoms with Gasteiger partial charge in [-0.3, -0.25) is 0 Å². The van der Waals surface area contributed by atoms with Crippen LogP contribution >= 0.6 is 0 Å². The fraction of sp³-hybridized carbons (Fsp3) is 0.400. The maximum absolute atomic E-state index is 5.50. The second-order valence-electron chi connectivity index (χ2n) is 4.32. The molecule has 2 aromatic rings. The van der Waals surface area contributed by atoms with Crippen LogP contribution in [-0.2, 0) is 0 Å². The number of ether oxygens (including phenoxy) is 2. The van der Waals surface area contributed by atoms with Crippen LogP contribution in [0.15, 0.2) is 24.3 Å². The summed E-state index contributed by atoms with van der Waals surface area (Å²) in [5, 5.41) is 2.92. The standard InChI is InChI=1S/C15H20N4O2/c1-4-10-21-15-18-13(17-14(16-3)19-15)11-6-8-12(9-7-11)20-5-2/h6-9H,4-5,10H2,1-3H3,(H,16,17,18,19). The molecule has 0 atom stereocenters. The zero-order valence-corrected chi connectivity index (χ0v) is 12.6. The summed E-state index contributed by atoms with van der Waals surface area (Å²) < 4.78 is 10.9. The largest absolute Gasteiger partial charge is 0.494 e. The van der Waals surface area contributed by atoms with Crippen LogP contribution in [0.1, 0.15) is 20.3 Å². The van der Waals surface area contributed by atoms with Gasteiger partial charge in [-0.1, -0.05) is 6.92 Å². The van der Waals surface area contributed by atoms with Crippen molar-refractivity contribution in [3.8, 4) is 23.1 Å². The van der Waals surface area contributed by atoms with Crippen molar-refractivity contribution in [2.75, 3.05) is 25.6 Å². The number of benzene rings is 1. The van der Waals surface area contributed by atoms with Crippen molar-refractivity contribution >= 4 is 5.95 Å². The van der Waals surface area contributed by atoms with Crippen LogP contribution in [0, 0.1) is 0 Å². The Balaban J connectivity index is 2.28. The highest BCUT2D eigenvalue weighted by molar-refractivity contribution is 5.57. The number of hydrogen-bond donors (Lipinski definition) is 1. The molecule has 0 spiro atoms. The lowest BCUT2D eigenvalue weighted by Gasteiger charge is -2.08. The van der Waals surface area contributed by atoms with Gasteiger partial charge in [0.05, 0.1) is 13.2 Å². The van der Waals surface area contributed by atoms with Gasteiger partial charge in [-0.05, 0) is 37.6 Å². The second kappa shape index (κ2) is 7.42. The van der Waals surface area contributed by atoms with Gasteiger partial charge < -0.3 is 14.8 Å². The average Bonchev–Trinajstić information content (AvgIpc) is 2.53. The first kappa shape index (κ1) is 15.0. The lowest BCUT2D eigenvalue weighted by Crippen LogP contribution is -2.06. The molecule has 1 N–H and O–H groups in total. The predicted octanol–water partition coefficient (Wildman–Crippen LogP) is 2.77. The van der Waals surface area contributed by atoms with Gasteiger partial charge in [0.25, 0.3) is 0 Å². The summed E-state index contributed by atoms with van der Waals surface area (Å²) in [6.45, 7) is 5.21. The van der Waals surface area contributed by atoms with E-state index in [0.29, 0.717) is 31.0 Å². The summed E-state index contributed by atoms with van der Waals surface area (Å²) in [5.74, 6) is 1.88. The van der Waals surface area contributed by atoms with Crippen LogP contribution in [-0.4, -0.2) is 35.2 Å². The lowest BCUT2D eigenvalue weighted by molar-refractivity contribution is 0.292. The van der Waals surface area contributed by atoms with Crippen molar-refractivity contribution in [3.05, 3.63) is 24.3 Å². The fourth-order valence-corrected chi connectivity index (χ4v) is 1.72. The van der Waals surface area contributed by atoms with E-state index in [1.165, 1.54) is 0 Å². The Labute approximate surface area is 124 Å². The van der Waals surface area contributed by atoms with Gasteiger partial charge in [-0.25, -0.2) is 0 Å². The third kappa shape index (κ3) is 4.05. The Morgan fingerprint density at radius 3 is 2.38 bits per heavy atom. The molecule has 6 heteroatoms. The highest BCUT2D eigenvalue weighted by Gasteiger charge is 2.09. The fourth-order valence-electron chi connectivity index (χ4n) is 1.72. The van der Waals surface area contributed by atoms with Crippen molar-refractivity contribution in [2.24, 2.45) is 0 Å². The average molecular weight is 288 g/mol. The van der Waals surface area contributed by atoms with E-state index in [-0.39, 0.29) is 0 Å². The van der Waals surface area contributed by atoms with E-state index in [1.807, 2.05) is 38.1 Å². The number of nitrogens with zero attached hydrogens (tertiary/aromatic N) is 3. The first-order chi connectivity index (χ1) is 10.3. The van der Waals surface area contributed by atoms with Crippen LogP contribution in [0.25, 0.3) is 11.4 Å². The summed E-state index contributed by atoms with van der Waals surface area (Å²) in [4.78, 5) is 12.9. The van der Waals surface area contributed by atoms with Crippen molar-refractivity contribution in [1.82, 2.24) is 15.0 Å². The van der Waals surface area contributed by atoms with Gasteiger partial charge in [0.1, 0.15) is 5.75 Å². The minimum Gasteiger partial charge on any atom is -0.494 e. The number of hydrogen-bond acceptors (Lipinski definition) is 6. The molecule has 2 rings (SSSR count). The van der Waals surface area contributed by atoms with Crippen LogP contribution in [0.3, 0.4) is 0 Å². The topological polar surface area (TPSA) is 69.2 Å². The Morgan fingerprint density at radius 2 is 1.76 bits per heavy atom. The lowest BCUT2D eigenvalue weighted by atomic mass is 10.2. The molecule has 1 aromatic carbocycles. The quantitative estimate of drug-likeness (QED) is 0.845. The maximum Gasteiger partial charge on any atom is 0.321 e. The zero-order valence-electron chi connectivity index (χ0n) is 12.6. The molecule has 0 aliphatic carbocycles. The second-order valence-corrected chi connectivity index (χ2v) is 4.32. The Bertz CT molecular complexity index is 572. The van der Waals surface area contributed by atoms with Gasteiger partial charge in [0, 0.05) is 12.6 Å². The molecule has 21 heavy (non-hydrogen) atoms. The molecule has 0 saturated carbocycles. The van der Waals surface area contributed by atoms with Crippen LogP contribution < -0.4 is 14.8 Å². The third-order valence-electron chi connectivity index (χ3n) is 2.70. The molecule has 0 aliphatic rings. The predicted molar refractivity (Wildman–Crippen MR) is 81.8 cm³/mol. The molecule has 0 fully saturated rings. The minimum atomic E-state index is 0.333. The van der Waals surface area contributed by atoms with Crippen molar-refractivity contribution in [1.29, 1.82) is 0 Å². The van der Waals surface area contributed by atoms with E-state index in [1.54, 1.807) is 7.05 Å². The minimum absolute atomic E-state index is 0.333. The van der Waals surface area contributed by atoms with Crippen molar-refractivity contribution in [3.63, 3.8) is 0 Å². The summed E-state index contributed by atoms with van der Waals surface area (Å²) in [5.41, 5.74) is 0.888. The molecular weight excluding hydrogens is 268 g/mol. The molecule has 6 nitrogen and oxygen atoms in total. The summed E-state index contributed by atoms with van der Waals surface area (Å²) >= 11 is 0. The number of aromatic nitrogens is 3. The van der Waals surface area contributed by atoms with Crippen LogP contribution in [0.5, 0.6) is 11.8 Å². The number of nitrogens with one attached hydrogen (secondary N) is 1. The van der Waals surface area contributed by atoms with Gasteiger partial charge in [0.15, 0.2) is 5.82 Å². The van der Waals surface area contributed by atoms with Gasteiger partial charge >= 0.3 is 6.01 Å². The van der Waals surface area contributed by atoms with Crippen molar-refractivity contribution in [2.45, 2.75) is 20.3 Å². The highest BCUT2D eigenvalue weighted by atomic mass is 16.5. The summed E-state index contributed by atoms with van der Waals surface area (Å²) in [6.07, 6.45) is 0.902. The number of anilines is 1. The molecule has 1 aromatic heterocycles. The molecule has 1 heterocycles. The van der Waals surface area contributed by atoms with Crippen molar-refractivity contribution < 1.29 is 9.47 Å². The van der Waals surface area contributed by atoms with E-state index in [9.17, 15) is 0 Å². The first-order valence-corrected chi connectivity index (χ1v) is 7.06. The molecule has 0 unspecified atom stereocenters. The molecule has 0 saturated heterocycles. The van der Waals surface area contributed by atoms with Gasteiger partial charge in [0.2, 0.25) is 5.95 Å². The van der Waals surface area contributed by atoms with Crippen LogP contribution in [0.4, 0.5) is 5.95 Å². The summed E-state index contributed by atoms with van der Waals surface area (Å²) in [6, 6.07) is 7.97. The smallest absolute Gasteiger partial charge is 0.321 e. The first-order valence-electron chi connectivity index (χ1n) is 7.06. The molecule has 0 aliphatic heterocycles. The molecular formula is C15H20N4O2. The number of rotatable bonds is 7. The highest BCUT2D eigenvalue weighted by Crippen LogP contribution is 2.21. The van der Waals surface area contributed by atoms with E-state index in [0.717, 1.165) is 17.7 Å². The SMILES string of the molecule is CCCOc1nc(NC)nc(-c2ccc(OCC)cc2)n1. The van der Waals surface area contributed by atoms with Gasteiger partial charge in [-0.2, -0.15) is 15.0 Å². The van der Waals surface area contributed by atoms with Crippen LogP contribution in [0.2, 0.25) is 0 Å². The normalized spacial score (nSPS) is 10.2. The Kier molecular flexibility index (Phi) is 5.31. The van der Waals surface area contributed by atoms with E-state index in [4.69, 9.17) is 9.47 Å². The molecule has 0 radical (unpaired) electrons. The third-order valence-corrected chi connectivity index (χ3v) is 2.70. The van der Waals surface area contributed by atoms with E-state index in [2.05, 4.69) is 20.3 Å². The van der Waals surface area contributed by atoms with Gasteiger partial charge in [-0.15, -0.1) is 0 Å². The van der Waals surface area contributed by atoms with E-state index < -0.39 is 0 Å². The molecule has 0 amide bonds.